The highest BCUT2D eigenvalue weighted by Gasteiger charge is 2.11. The molecule has 0 heterocycles. The van der Waals surface area contributed by atoms with E-state index in [-0.39, 0.29) is 5.84 Å². The topological polar surface area (TPSA) is 71.1 Å². The molecular weight excluding hydrogens is 254 g/mol. The van der Waals surface area contributed by atoms with Gasteiger partial charge in [0, 0.05) is 36.5 Å². The van der Waals surface area contributed by atoms with Gasteiger partial charge < -0.3 is 20.6 Å². The van der Waals surface area contributed by atoms with E-state index in [0.29, 0.717) is 30.3 Å². The normalized spacial score (nSPS) is 11.6. The minimum Gasteiger partial charge on any atom is -0.409 e. The molecule has 5 nitrogen and oxygen atoms in total. The van der Waals surface area contributed by atoms with Gasteiger partial charge in [-0.05, 0) is 25.1 Å². The second-order valence-electron chi connectivity index (χ2n) is 3.77. The number of hydrogen-bond donors (Lipinski definition) is 2. The maximum atomic E-state index is 8.76. The van der Waals surface area contributed by atoms with Crippen molar-refractivity contribution in [3.05, 3.63) is 28.8 Å². The monoisotopic (exact) mass is 271 g/mol. The maximum absolute atomic E-state index is 8.76. The molecule has 0 aromatic heterocycles. The molecule has 0 spiro atoms. The van der Waals surface area contributed by atoms with Crippen LogP contribution in [0.15, 0.2) is 23.4 Å². The van der Waals surface area contributed by atoms with Crippen molar-refractivity contribution < 1.29 is 9.94 Å². The van der Waals surface area contributed by atoms with Gasteiger partial charge in [0.1, 0.15) is 0 Å². The van der Waals surface area contributed by atoms with E-state index in [0.717, 1.165) is 5.69 Å². The largest absolute Gasteiger partial charge is 0.409 e. The molecule has 1 rings (SSSR count). The minimum atomic E-state index is 0.0601. The highest BCUT2D eigenvalue weighted by Crippen LogP contribution is 2.23. The van der Waals surface area contributed by atoms with Crippen LogP contribution in [0.4, 0.5) is 5.69 Å². The van der Waals surface area contributed by atoms with Crippen molar-refractivity contribution in [2.24, 2.45) is 10.9 Å². The van der Waals surface area contributed by atoms with Crippen LogP contribution in [0.1, 0.15) is 12.5 Å². The molecule has 0 amide bonds. The van der Waals surface area contributed by atoms with Gasteiger partial charge in [-0.3, -0.25) is 0 Å². The van der Waals surface area contributed by atoms with Gasteiger partial charge in [0.05, 0.1) is 6.61 Å². The van der Waals surface area contributed by atoms with E-state index < -0.39 is 0 Å². The van der Waals surface area contributed by atoms with E-state index in [1.165, 1.54) is 0 Å². The fourth-order valence-electron chi connectivity index (χ4n) is 1.56. The molecule has 1 aromatic carbocycles. The first-order valence-corrected chi connectivity index (χ1v) is 6.04. The standard InChI is InChI=1S/C12H18ClN3O2/c1-3-18-7-6-16(2)11-8-9(13)4-5-10(11)12(14)15-17/h4-5,8,17H,3,6-7H2,1-2H3,(H2,14,15). The van der Waals surface area contributed by atoms with E-state index >= 15 is 0 Å². The second kappa shape index (κ2) is 7.08. The van der Waals surface area contributed by atoms with Crippen LogP contribution in [0.5, 0.6) is 0 Å². The molecular formula is C12H18ClN3O2. The summed E-state index contributed by atoms with van der Waals surface area (Å²) in [4.78, 5) is 1.95. The lowest BCUT2D eigenvalue weighted by Gasteiger charge is -2.22. The van der Waals surface area contributed by atoms with Crippen molar-refractivity contribution in [3.8, 4) is 0 Å². The first kappa shape index (κ1) is 14.6. The van der Waals surface area contributed by atoms with Crippen molar-refractivity contribution in [1.29, 1.82) is 0 Å². The zero-order valence-corrected chi connectivity index (χ0v) is 11.3. The number of benzene rings is 1. The van der Waals surface area contributed by atoms with Gasteiger partial charge in [-0.25, -0.2) is 0 Å². The number of ether oxygens (including phenoxy) is 1. The fourth-order valence-corrected chi connectivity index (χ4v) is 1.72. The smallest absolute Gasteiger partial charge is 0.172 e. The molecule has 0 aliphatic rings. The molecule has 100 valence electrons. The van der Waals surface area contributed by atoms with Crippen LogP contribution in [0.25, 0.3) is 0 Å². The number of anilines is 1. The fraction of sp³-hybridized carbons (Fsp3) is 0.417. The molecule has 18 heavy (non-hydrogen) atoms. The highest BCUT2D eigenvalue weighted by atomic mass is 35.5. The number of likely N-dealkylation sites (N-methyl/N-ethyl adjacent to an activating group) is 1. The number of rotatable bonds is 6. The van der Waals surface area contributed by atoms with Gasteiger partial charge in [0.2, 0.25) is 0 Å². The molecule has 0 saturated heterocycles. The van der Waals surface area contributed by atoms with E-state index in [4.69, 9.17) is 27.3 Å². The summed E-state index contributed by atoms with van der Waals surface area (Å²) < 4.78 is 5.30. The van der Waals surface area contributed by atoms with E-state index in [2.05, 4.69) is 5.16 Å². The summed E-state index contributed by atoms with van der Waals surface area (Å²) in [6, 6.07) is 5.21. The number of hydrogen-bond acceptors (Lipinski definition) is 4. The summed E-state index contributed by atoms with van der Waals surface area (Å²) in [7, 11) is 1.90. The predicted molar refractivity (Wildman–Crippen MR) is 73.7 cm³/mol. The van der Waals surface area contributed by atoms with Crippen LogP contribution >= 0.6 is 11.6 Å². The summed E-state index contributed by atoms with van der Waals surface area (Å²) >= 11 is 5.97. The van der Waals surface area contributed by atoms with Gasteiger partial charge in [-0.2, -0.15) is 0 Å². The van der Waals surface area contributed by atoms with Gasteiger partial charge in [0.25, 0.3) is 0 Å². The van der Waals surface area contributed by atoms with E-state index in [9.17, 15) is 0 Å². The number of amidine groups is 1. The average molecular weight is 272 g/mol. The molecule has 0 bridgehead atoms. The lowest BCUT2D eigenvalue weighted by Crippen LogP contribution is -2.26. The molecule has 0 saturated carbocycles. The summed E-state index contributed by atoms with van der Waals surface area (Å²) in [6.07, 6.45) is 0. The lowest BCUT2D eigenvalue weighted by molar-refractivity contribution is 0.154. The third-order valence-electron chi connectivity index (χ3n) is 2.53. The minimum absolute atomic E-state index is 0.0601. The van der Waals surface area contributed by atoms with Crippen molar-refractivity contribution in [2.75, 3.05) is 31.7 Å². The van der Waals surface area contributed by atoms with Gasteiger partial charge >= 0.3 is 0 Å². The Balaban J connectivity index is 2.94. The molecule has 6 heteroatoms. The maximum Gasteiger partial charge on any atom is 0.172 e. The Morgan fingerprint density at radius 3 is 2.89 bits per heavy atom. The van der Waals surface area contributed by atoms with Crippen LogP contribution in [-0.2, 0) is 4.74 Å². The summed E-state index contributed by atoms with van der Waals surface area (Å²) in [6.45, 7) is 3.92. The van der Waals surface area contributed by atoms with Crippen LogP contribution in [-0.4, -0.2) is 37.8 Å². The quantitative estimate of drug-likeness (QED) is 0.273. The SMILES string of the molecule is CCOCCN(C)c1cc(Cl)ccc1/C(N)=N/O. The Morgan fingerprint density at radius 2 is 2.28 bits per heavy atom. The Kier molecular flexibility index (Phi) is 5.74. The van der Waals surface area contributed by atoms with Gasteiger partial charge in [0.15, 0.2) is 5.84 Å². The zero-order chi connectivity index (χ0) is 13.5. The second-order valence-corrected chi connectivity index (χ2v) is 4.20. The molecule has 0 fully saturated rings. The van der Waals surface area contributed by atoms with Crippen LogP contribution in [0.3, 0.4) is 0 Å². The number of nitrogens with zero attached hydrogens (tertiary/aromatic N) is 2. The third-order valence-corrected chi connectivity index (χ3v) is 2.76. The lowest BCUT2D eigenvalue weighted by atomic mass is 10.1. The third kappa shape index (κ3) is 3.78. The van der Waals surface area contributed by atoms with E-state index in [1.807, 2.05) is 18.9 Å². The first-order valence-electron chi connectivity index (χ1n) is 5.66. The molecule has 0 aliphatic heterocycles. The molecule has 0 unspecified atom stereocenters. The van der Waals surface area contributed by atoms with Crippen LogP contribution in [0, 0.1) is 0 Å². The van der Waals surface area contributed by atoms with Gasteiger partial charge in [-0.15, -0.1) is 0 Å². The Labute approximate surface area is 112 Å². The van der Waals surface area contributed by atoms with Crippen LogP contribution in [0.2, 0.25) is 5.02 Å². The van der Waals surface area contributed by atoms with Crippen molar-refractivity contribution in [2.45, 2.75) is 6.92 Å². The Hall–Kier alpha value is -1.46. The number of oxime groups is 1. The van der Waals surface area contributed by atoms with Crippen molar-refractivity contribution >= 4 is 23.1 Å². The number of halogens is 1. The van der Waals surface area contributed by atoms with Crippen LogP contribution < -0.4 is 10.6 Å². The number of nitrogens with two attached hydrogens (primary N) is 1. The Bertz CT molecular complexity index is 424. The molecule has 0 atom stereocenters. The van der Waals surface area contributed by atoms with E-state index in [1.54, 1.807) is 18.2 Å². The first-order chi connectivity index (χ1) is 8.60. The summed E-state index contributed by atoms with van der Waals surface area (Å²) in [5.74, 6) is 0.0601. The molecule has 0 radical (unpaired) electrons. The summed E-state index contributed by atoms with van der Waals surface area (Å²) in [5, 5.41) is 12.4. The zero-order valence-electron chi connectivity index (χ0n) is 10.6. The summed E-state index contributed by atoms with van der Waals surface area (Å²) in [5.41, 5.74) is 7.08. The Morgan fingerprint density at radius 1 is 1.56 bits per heavy atom. The van der Waals surface area contributed by atoms with Crippen molar-refractivity contribution in [1.82, 2.24) is 0 Å². The van der Waals surface area contributed by atoms with Crippen molar-refractivity contribution in [3.63, 3.8) is 0 Å². The molecule has 0 aliphatic carbocycles. The predicted octanol–water partition coefficient (Wildman–Crippen LogP) is 1.91. The molecule has 3 N–H and O–H groups in total. The molecule has 1 aromatic rings. The average Bonchev–Trinajstić information content (AvgIpc) is 2.38. The van der Waals surface area contributed by atoms with Gasteiger partial charge in [-0.1, -0.05) is 16.8 Å². The highest BCUT2D eigenvalue weighted by molar-refractivity contribution is 6.31.